The zero-order chi connectivity index (χ0) is 17.6. The maximum Gasteiger partial charge on any atom is 0.317 e. The van der Waals surface area contributed by atoms with Gasteiger partial charge in [0, 0.05) is 35.2 Å². The third kappa shape index (κ3) is 5.16. The summed E-state index contributed by atoms with van der Waals surface area (Å²) in [4.78, 5) is 28.1. The molecule has 3 heterocycles. The van der Waals surface area contributed by atoms with Crippen LogP contribution < -0.4 is 4.74 Å². The van der Waals surface area contributed by atoms with Crippen molar-refractivity contribution in [3.8, 4) is 6.01 Å². The lowest BCUT2D eigenvalue weighted by molar-refractivity contribution is -0.131. The van der Waals surface area contributed by atoms with Crippen molar-refractivity contribution in [3.05, 3.63) is 42.0 Å². The molecule has 3 rings (SSSR count). The molecule has 0 radical (unpaired) electrons. The molecular weight excluding hydrogens is 336 g/mol. The van der Waals surface area contributed by atoms with Crippen molar-refractivity contribution in [2.24, 2.45) is 0 Å². The van der Waals surface area contributed by atoms with Gasteiger partial charge in [0.15, 0.2) is 0 Å². The Hall–Kier alpha value is -2.15. The molecule has 2 aromatic heterocycles. The van der Waals surface area contributed by atoms with E-state index in [9.17, 15) is 4.79 Å². The zero-order valence-electron chi connectivity index (χ0n) is 14.5. The lowest BCUT2D eigenvalue weighted by Gasteiger charge is -2.32. The number of likely N-dealkylation sites (tertiary alicyclic amines) is 1. The largest absolute Gasteiger partial charge is 0.458 e. The van der Waals surface area contributed by atoms with Gasteiger partial charge in [0.25, 0.3) is 0 Å². The summed E-state index contributed by atoms with van der Waals surface area (Å²) in [6, 6.07) is 6.15. The Morgan fingerprint density at radius 3 is 2.72 bits per heavy atom. The van der Waals surface area contributed by atoms with E-state index < -0.39 is 0 Å². The van der Waals surface area contributed by atoms with Crippen molar-refractivity contribution in [1.82, 2.24) is 19.9 Å². The molecule has 0 bridgehead atoms. The highest BCUT2D eigenvalue weighted by Gasteiger charge is 2.25. The van der Waals surface area contributed by atoms with Crippen LogP contribution in [-0.2, 0) is 4.79 Å². The first kappa shape index (κ1) is 17.7. The van der Waals surface area contributed by atoms with Gasteiger partial charge in [-0.1, -0.05) is 0 Å². The number of pyridine rings is 1. The Morgan fingerprint density at radius 2 is 2.00 bits per heavy atom. The van der Waals surface area contributed by atoms with Crippen LogP contribution in [0, 0.1) is 13.8 Å². The molecule has 1 aliphatic heterocycles. The van der Waals surface area contributed by atoms with Gasteiger partial charge in [-0.05, 0) is 44.9 Å². The number of aryl methyl sites for hydroxylation is 2. The SMILES string of the molecule is Cc1cc(C)nc(OC2CCCN(C(=O)CSc3ccncc3)C2)n1. The summed E-state index contributed by atoms with van der Waals surface area (Å²) in [6.07, 6.45) is 5.27. The highest BCUT2D eigenvalue weighted by molar-refractivity contribution is 8.00. The van der Waals surface area contributed by atoms with Crippen molar-refractivity contribution in [3.63, 3.8) is 0 Å². The van der Waals surface area contributed by atoms with Crippen LogP contribution in [0.15, 0.2) is 35.5 Å². The van der Waals surface area contributed by atoms with E-state index in [1.54, 1.807) is 12.4 Å². The monoisotopic (exact) mass is 358 g/mol. The van der Waals surface area contributed by atoms with E-state index in [2.05, 4.69) is 15.0 Å². The molecule has 25 heavy (non-hydrogen) atoms. The number of nitrogens with zero attached hydrogens (tertiary/aromatic N) is 4. The first-order valence-corrected chi connectivity index (χ1v) is 9.38. The fourth-order valence-electron chi connectivity index (χ4n) is 2.83. The van der Waals surface area contributed by atoms with Gasteiger partial charge in [0.2, 0.25) is 5.91 Å². The molecule has 1 fully saturated rings. The molecule has 0 spiro atoms. The van der Waals surface area contributed by atoms with E-state index in [0.717, 1.165) is 35.7 Å². The number of carbonyl (C=O) groups is 1. The first-order valence-electron chi connectivity index (χ1n) is 8.40. The summed E-state index contributed by atoms with van der Waals surface area (Å²) in [7, 11) is 0. The Morgan fingerprint density at radius 1 is 1.28 bits per heavy atom. The first-order chi connectivity index (χ1) is 12.1. The molecule has 1 amide bonds. The van der Waals surface area contributed by atoms with Crippen LogP contribution >= 0.6 is 11.8 Å². The Balaban J connectivity index is 1.54. The maximum absolute atomic E-state index is 12.5. The fourth-order valence-corrected chi connectivity index (χ4v) is 3.61. The van der Waals surface area contributed by atoms with Crippen LogP contribution in [0.2, 0.25) is 0 Å². The number of piperidine rings is 1. The third-order valence-electron chi connectivity index (χ3n) is 3.98. The van der Waals surface area contributed by atoms with Crippen molar-refractivity contribution < 1.29 is 9.53 Å². The van der Waals surface area contributed by atoms with Gasteiger partial charge < -0.3 is 9.64 Å². The van der Waals surface area contributed by atoms with E-state index in [-0.39, 0.29) is 12.0 Å². The minimum Gasteiger partial charge on any atom is -0.458 e. The summed E-state index contributed by atoms with van der Waals surface area (Å²) < 4.78 is 5.93. The standard InChI is InChI=1S/C18H22N4O2S/c1-13-10-14(2)21-18(20-13)24-15-4-3-9-22(11-15)17(23)12-25-16-5-7-19-8-6-16/h5-8,10,15H,3-4,9,11-12H2,1-2H3. The maximum atomic E-state index is 12.5. The number of rotatable bonds is 5. The number of hydrogen-bond acceptors (Lipinski definition) is 6. The molecule has 0 N–H and O–H groups in total. The average molecular weight is 358 g/mol. The van der Waals surface area contributed by atoms with Crippen molar-refractivity contribution >= 4 is 17.7 Å². The van der Waals surface area contributed by atoms with E-state index in [1.807, 2.05) is 36.9 Å². The molecule has 1 unspecified atom stereocenters. The second-order valence-corrected chi connectivity index (χ2v) is 7.18. The molecule has 1 saturated heterocycles. The normalized spacial score (nSPS) is 17.4. The van der Waals surface area contributed by atoms with Crippen LogP contribution in [0.25, 0.3) is 0 Å². The van der Waals surface area contributed by atoms with E-state index in [0.29, 0.717) is 18.3 Å². The van der Waals surface area contributed by atoms with Crippen LogP contribution in [-0.4, -0.2) is 50.7 Å². The number of carbonyl (C=O) groups excluding carboxylic acids is 1. The smallest absolute Gasteiger partial charge is 0.317 e. The lowest BCUT2D eigenvalue weighted by Crippen LogP contribution is -2.45. The molecule has 1 aliphatic rings. The van der Waals surface area contributed by atoms with Gasteiger partial charge in [-0.3, -0.25) is 9.78 Å². The average Bonchev–Trinajstić information content (AvgIpc) is 2.60. The van der Waals surface area contributed by atoms with Gasteiger partial charge in [0.05, 0.1) is 12.3 Å². The number of aromatic nitrogens is 3. The Bertz CT molecular complexity index is 706. The molecular formula is C18H22N4O2S. The summed E-state index contributed by atoms with van der Waals surface area (Å²) in [5.41, 5.74) is 1.78. The minimum atomic E-state index is -0.0511. The number of hydrogen-bond donors (Lipinski definition) is 0. The van der Waals surface area contributed by atoms with Crippen molar-refractivity contribution in [2.45, 2.75) is 37.7 Å². The summed E-state index contributed by atoms with van der Waals surface area (Å²) in [5, 5.41) is 0. The second kappa shape index (κ2) is 8.29. The highest BCUT2D eigenvalue weighted by atomic mass is 32.2. The molecule has 2 aromatic rings. The molecule has 0 aromatic carbocycles. The van der Waals surface area contributed by atoms with Gasteiger partial charge in [-0.2, -0.15) is 0 Å². The minimum absolute atomic E-state index is 0.0511. The molecule has 0 aliphatic carbocycles. The third-order valence-corrected chi connectivity index (χ3v) is 4.97. The molecule has 132 valence electrons. The number of amides is 1. The van der Waals surface area contributed by atoms with Crippen LogP contribution in [0.4, 0.5) is 0 Å². The second-order valence-electron chi connectivity index (χ2n) is 6.13. The summed E-state index contributed by atoms with van der Waals surface area (Å²) in [5.74, 6) is 0.563. The molecule has 7 heteroatoms. The predicted octanol–water partition coefficient (Wildman–Crippen LogP) is 2.65. The van der Waals surface area contributed by atoms with E-state index in [1.165, 1.54) is 11.8 Å². The molecule has 6 nitrogen and oxygen atoms in total. The number of ether oxygens (including phenoxy) is 1. The highest BCUT2D eigenvalue weighted by Crippen LogP contribution is 2.20. The Labute approximate surface area is 152 Å². The van der Waals surface area contributed by atoms with Crippen LogP contribution in [0.1, 0.15) is 24.2 Å². The summed E-state index contributed by atoms with van der Waals surface area (Å²) in [6.45, 7) is 5.22. The van der Waals surface area contributed by atoms with Gasteiger partial charge in [0.1, 0.15) is 6.10 Å². The van der Waals surface area contributed by atoms with E-state index >= 15 is 0 Å². The summed E-state index contributed by atoms with van der Waals surface area (Å²) >= 11 is 1.53. The number of thioether (sulfide) groups is 1. The fraction of sp³-hybridized carbons (Fsp3) is 0.444. The molecule has 0 saturated carbocycles. The lowest BCUT2D eigenvalue weighted by atomic mass is 10.1. The van der Waals surface area contributed by atoms with Gasteiger partial charge in [-0.25, -0.2) is 9.97 Å². The van der Waals surface area contributed by atoms with Crippen LogP contribution in [0.3, 0.4) is 0 Å². The van der Waals surface area contributed by atoms with Gasteiger partial charge in [-0.15, -0.1) is 11.8 Å². The van der Waals surface area contributed by atoms with Crippen molar-refractivity contribution in [1.29, 1.82) is 0 Å². The topological polar surface area (TPSA) is 68.2 Å². The van der Waals surface area contributed by atoms with Crippen molar-refractivity contribution in [2.75, 3.05) is 18.8 Å². The molecule has 1 atom stereocenters. The van der Waals surface area contributed by atoms with Gasteiger partial charge >= 0.3 is 6.01 Å². The Kier molecular flexibility index (Phi) is 5.86. The van der Waals surface area contributed by atoms with Crippen LogP contribution in [0.5, 0.6) is 6.01 Å². The predicted molar refractivity (Wildman–Crippen MR) is 96.7 cm³/mol. The zero-order valence-corrected chi connectivity index (χ0v) is 15.3. The van der Waals surface area contributed by atoms with E-state index in [4.69, 9.17) is 4.74 Å². The quantitative estimate of drug-likeness (QED) is 0.766.